The molecule has 1 fully saturated rings. The first-order valence-electron chi connectivity index (χ1n) is 10.4. The predicted octanol–water partition coefficient (Wildman–Crippen LogP) is 3.88. The van der Waals surface area contributed by atoms with Gasteiger partial charge in [0.15, 0.2) is 5.60 Å². The highest BCUT2D eigenvalue weighted by Crippen LogP contribution is 2.53. The molecule has 5 heteroatoms. The minimum absolute atomic E-state index is 0.0197. The number of Topliss-reactive ketones (excluding diaryl/α,β-unsaturated/α-hetero) is 1. The highest BCUT2D eigenvalue weighted by Gasteiger charge is 2.64. The smallest absolute Gasteiger partial charge is 0.346 e. The molecule has 2 aliphatic carbocycles. The lowest BCUT2D eigenvalue weighted by Crippen LogP contribution is -2.53. The van der Waals surface area contributed by atoms with E-state index in [1.165, 1.54) is 0 Å². The molecule has 4 bridgehead atoms. The monoisotopic (exact) mass is 408 g/mol. The topological polar surface area (TPSA) is 72.8 Å². The largest absolute Gasteiger partial charge is 0.488 e. The highest BCUT2D eigenvalue weighted by molar-refractivity contribution is 6.26. The van der Waals surface area contributed by atoms with E-state index in [0.717, 1.165) is 16.7 Å². The van der Waals surface area contributed by atoms with Crippen LogP contribution in [0.1, 0.15) is 40.5 Å². The molecule has 3 aliphatic heterocycles. The van der Waals surface area contributed by atoms with Crippen molar-refractivity contribution in [2.24, 2.45) is 11.3 Å². The fourth-order valence-electron chi connectivity index (χ4n) is 4.88. The molecular formula is C25H28O5. The predicted molar refractivity (Wildman–Crippen MR) is 113 cm³/mol. The Labute approximate surface area is 177 Å². The molecule has 30 heavy (non-hydrogen) atoms. The minimum Gasteiger partial charge on any atom is -0.488 e. The Hall–Kier alpha value is -2.66. The van der Waals surface area contributed by atoms with Crippen molar-refractivity contribution in [2.45, 2.75) is 52.2 Å². The van der Waals surface area contributed by atoms with Gasteiger partial charge in [-0.3, -0.25) is 4.79 Å². The number of fused-ring (bicyclic) bond motifs is 5. The molecule has 1 spiro atoms. The maximum atomic E-state index is 13.8. The first-order valence-corrected chi connectivity index (χ1v) is 10.4. The highest BCUT2D eigenvalue weighted by atomic mass is 16.6. The van der Waals surface area contributed by atoms with Gasteiger partial charge in [0.25, 0.3) is 0 Å². The number of ketones is 1. The van der Waals surface area contributed by atoms with Gasteiger partial charge in [-0.15, -0.1) is 0 Å². The average molecular weight is 408 g/mol. The van der Waals surface area contributed by atoms with Gasteiger partial charge < -0.3 is 14.6 Å². The second-order valence-corrected chi connectivity index (χ2v) is 9.02. The Morgan fingerprint density at radius 3 is 2.60 bits per heavy atom. The molecule has 0 aromatic heterocycles. The van der Waals surface area contributed by atoms with Crippen molar-refractivity contribution < 1.29 is 24.2 Å². The van der Waals surface area contributed by atoms with Crippen LogP contribution in [0.25, 0.3) is 0 Å². The van der Waals surface area contributed by atoms with Crippen LogP contribution in [0.5, 0.6) is 0 Å². The van der Waals surface area contributed by atoms with Gasteiger partial charge in [0.05, 0.1) is 11.5 Å². The third kappa shape index (κ3) is 3.21. The van der Waals surface area contributed by atoms with Crippen molar-refractivity contribution in [3.63, 3.8) is 0 Å². The lowest BCUT2D eigenvalue weighted by atomic mass is 9.61. The first-order chi connectivity index (χ1) is 14.1. The summed E-state index contributed by atoms with van der Waals surface area (Å²) in [5, 5.41) is 10.3. The van der Waals surface area contributed by atoms with Gasteiger partial charge in [-0.25, -0.2) is 4.79 Å². The number of allylic oxidation sites excluding steroid dienone is 4. The molecule has 0 aromatic carbocycles. The van der Waals surface area contributed by atoms with E-state index >= 15 is 0 Å². The first kappa shape index (κ1) is 20.6. The van der Waals surface area contributed by atoms with Gasteiger partial charge in [-0.05, 0) is 50.8 Å². The fourth-order valence-corrected chi connectivity index (χ4v) is 4.88. The van der Waals surface area contributed by atoms with Crippen molar-refractivity contribution >= 4 is 11.8 Å². The summed E-state index contributed by atoms with van der Waals surface area (Å²) < 4.78 is 11.7. The number of aliphatic hydroxyl groups is 1. The van der Waals surface area contributed by atoms with Crippen LogP contribution in [-0.4, -0.2) is 35.2 Å². The standard InChI is InChI=1S/C25H28O5/c1-15-6-5-7-19(26)10-18-8-9-20(29-14-18)21-22(27)25(30-23(21)28)13-17(3)16(2)12-24(25,4)11-15/h5-6,8-12,17,19,26H,7,13-14H2,1-4H3/b6-5+,15-11-,18-10?,21-20-. The van der Waals surface area contributed by atoms with E-state index in [0.29, 0.717) is 12.8 Å². The quantitative estimate of drug-likeness (QED) is 0.374. The summed E-state index contributed by atoms with van der Waals surface area (Å²) >= 11 is 0. The van der Waals surface area contributed by atoms with Crippen LogP contribution < -0.4 is 0 Å². The summed E-state index contributed by atoms with van der Waals surface area (Å²) in [4.78, 5) is 26.7. The summed E-state index contributed by atoms with van der Waals surface area (Å²) in [6.07, 6.45) is 13.3. The van der Waals surface area contributed by atoms with Gasteiger partial charge >= 0.3 is 5.97 Å². The molecule has 0 aromatic rings. The molecule has 158 valence electrons. The van der Waals surface area contributed by atoms with Crippen LogP contribution in [0.15, 0.2) is 70.6 Å². The van der Waals surface area contributed by atoms with E-state index in [-0.39, 0.29) is 29.6 Å². The summed E-state index contributed by atoms with van der Waals surface area (Å²) in [6.45, 7) is 8.19. The number of ether oxygens (including phenoxy) is 2. The lowest BCUT2D eigenvalue weighted by Gasteiger charge is -2.45. The molecule has 0 saturated carbocycles. The Morgan fingerprint density at radius 2 is 1.90 bits per heavy atom. The van der Waals surface area contributed by atoms with E-state index in [4.69, 9.17) is 9.47 Å². The number of aliphatic hydroxyl groups excluding tert-OH is 1. The average Bonchev–Trinajstić information content (AvgIpc) is 2.91. The molecule has 4 unspecified atom stereocenters. The zero-order chi connectivity index (χ0) is 21.7. The van der Waals surface area contributed by atoms with E-state index in [2.05, 4.69) is 13.0 Å². The summed E-state index contributed by atoms with van der Waals surface area (Å²) in [7, 11) is 0. The molecular weight excluding hydrogens is 380 g/mol. The van der Waals surface area contributed by atoms with Crippen LogP contribution in [0, 0.1) is 11.3 Å². The number of carbonyl (C=O) groups excluding carboxylic acids is 2. The van der Waals surface area contributed by atoms with Gasteiger partial charge in [-0.2, -0.15) is 0 Å². The second-order valence-electron chi connectivity index (χ2n) is 9.02. The molecule has 5 rings (SSSR count). The SMILES string of the molecule is CC1=CC2(C)/C=C(C)\C=C\CC(O)C=C3C=C/C(=C4/C(=O)OC2(CC1C)C4=O)OC3. The van der Waals surface area contributed by atoms with E-state index in [1.54, 1.807) is 18.2 Å². The number of hydrogen-bond donors (Lipinski definition) is 1. The third-order valence-electron chi connectivity index (χ3n) is 6.62. The number of hydrogen-bond acceptors (Lipinski definition) is 5. The van der Waals surface area contributed by atoms with E-state index in [9.17, 15) is 14.7 Å². The summed E-state index contributed by atoms with van der Waals surface area (Å²) in [6, 6.07) is 0. The van der Waals surface area contributed by atoms with Crippen molar-refractivity contribution in [1.82, 2.24) is 0 Å². The van der Waals surface area contributed by atoms with Crippen LogP contribution in [-0.2, 0) is 19.1 Å². The van der Waals surface area contributed by atoms with Gasteiger partial charge in [0.1, 0.15) is 17.9 Å². The molecule has 5 aliphatic rings. The molecule has 4 atom stereocenters. The third-order valence-corrected chi connectivity index (χ3v) is 6.62. The summed E-state index contributed by atoms with van der Waals surface area (Å²) in [5.74, 6) is -0.603. The lowest BCUT2D eigenvalue weighted by molar-refractivity contribution is -0.162. The maximum absolute atomic E-state index is 13.8. The number of carbonyl (C=O) groups is 2. The van der Waals surface area contributed by atoms with Gasteiger partial charge in [0.2, 0.25) is 5.78 Å². The van der Waals surface area contributed by atoms with E-state index < -0.39 is 23.1 Å². The Kier molecular flexibility index (Phi) is 4.97. The van der Waals surface area contributed by atoms with Crippen LogP contribution in [0.3, 0.4) is 0 Å². The normalized spacial score (nSPS) is 41.4. The second kappa shape index (κ2) is 7.24. The molecule has 3 heterocycles. The van der Waals surface area contributed by atoms with Gasteiger partial charge in [0, 0.05) is 6.42 Å². The zero-order valence-electron chi connectivity index (χ0n) is 17.9. The van der Waals surface area contributed by atoms with Crippen LogP contribution >= 0.6 is 0 Å². The van der Waals surface area contributed by atoms with Gasteiger partial charge in [-0.1, -0.05) is 48.5 Å². The molecule has 1 N–H and O–H groups in total. The minimum atomic E-state index is -1.30. The summed E-state index contributed by atoms with van der Waals surface area (Å²) in [5.41, 5.74) is 0.782. The number of esters is 1. The Bertz CT molecular complexity index is 989. The molecule has 1 saturated heterocycles. The molecule has 0 amide bonds. The van der Waals surface area contributed by atoms with Crippen LogP contribution in [0.2, 0.25) is 0 Å². The molecule has 0 radical (unpaired) electrons. The Morgan fingerprint density at radius 1 is 1.13 bits per heavy atom. The molecule has 5 nitrogen and oxygen atoms in total. The van der Waals surface area contributed by atoms with E-state index in [1.807, 2.05) is 39.0 Å². The fraction of sp³-hybridized carbons (Fsp3) is 0.440. The maximum Gasteiger partial charge on any atom is 0.346 e. The zero-order valence-corrected chi connectivity index (χ0v) is 17.9. The van der Waals surface area contributed by atoms with Crippen LogP contribution in [0.4, 0.5) is 0 Å². The van der Waals surface area contributed by atoms with Crippen molar-refractivity contribution in [3.05, 3.63) is 70.6 Å². The Balaban J connectivity index is 1.95. The van der Waals surface area contributed by atoms with Crippen molar-refractivity contribution in [2.75, 3.05) is 6.61 Å². The number of rotatable bonds is 0. The van der Waals surface area contributed by atoms with Crippen molar-refractivity contribution in [1.29, 1.82) is 0 Å². The van der Waals surface area contributed by atoms with Crippen molar-refractivity contribution in [3.8, 4) is 0 Å².